The Kier molecular flexibility index (Phi) is 8.69. The van der Waals surface area contributed by atoms with Crippen molar-refractivity contribution in [3.05, 3.63) is 181 Å². The average Bonchev–Trinajstić information content (AvgIpc) is 3.86. The summed E-state index contributed by atoms with van der Waals surface area (Å²) in [7, 11) is 4.14. The summed E-state index contributed by atoms with van der Waals surface area (Å²) < 4.78 is 18.2. The number of rotatable bonds is 10. The van der Waals surface area contributed by atoms with Crippen LogP contribution in [0.1, 0.15) is 11.1 Å². The van der Waals surface area contributed by atoms with Crippen LogP contribution >= 0.6 is 0 Å². The smallest absolute Gasteiger partial charge is 0.229 e. The van der Waals surface area contributed by atoms with Gasteiger partial charge in [0.25, 0.3) is 0 Å². The van der Waals surface area contributed by atoms with Crippen LogP contribution in [0.25, 0.3) is 66.6 Å². The van der Waals surface area contributed by atoms with Crippen molar-refractivity contribution in [2.75, 3.05) is 0 Å². The minimum absolute atomic E-state index is 0.285. The van der Waals surface area contributed by atoms with E-state index in [4.69, 9.17) is 19.4 Å². The second kappa shape index (κ2) is 14.2. The van der Waals surface area contributed by atoms with Crippen LogP contribution in [-0.4, -0.2) is 19.1 Å². The van der Waals surface area contributed by atoms with Crippen LogP contribution in [0.2, 0.25) is 0 Å². The standard InChI is InChI=1S/C48H38N4O2/c1-51-29-13-23-43(51)39-27-25-33-15-9-11-21-37(33)41(39)31-53-47-45(35-17-5-3-6-18-35)48(50-46(49-47)36-19-7-4-8-20-36)54-32-42-38-22-12-10-16-34(38)26-28-40(42)44-24-14-30-52(44)2/h3-30H,31-32H2,1-2H3. The summed E-state index contributed by atoms with van der Waals surface area (Å²) in [4.78, 5) is 10.3. The first-order valence-electron chi connectivity index (χ1n) is 18.2. The minimum atomic E-state index is 0.285. The fourth-order valence-electron chi connectivity index (χ4n) is 7.42. The third-order valence-corrected chi connectivity index (χ3v) is 10.2. The van der Waals surface area contributed by atoms with E-state index >= 15 is 0 Å². The zero-order valence-corrected chi connectivity index (χ0v) is 30.2. The van der Waals surface area contributed by atoms with Gasteiger partial charge in [-0.2, -0.15) is 9.97 Å². The molecule has 0 atom stereocenters. The molecule has 0 aliphatic heterocycles. The Morgan fingerprint density at radius 2 is 0.889 bits per heavy atom. The molecule has 0 unspecified atom stereocenters. The molecule has 0 bridgehead atoms. The van der Waals surface area contributed by atoms with Crippen LogP contribution in [0.3, 0.4) is 0 Å². The molecule has 6 heteroatoms. The fraction of sp³-hybridized carbons (Fsp3) is 0.0833. The van der Waals surface area contributed by atoms with Gasteiger partial charge in [-0.05, 0) is 51.4 Å². The number of aromatic nitrogens is 4. The molecule has 0 N–H and O–H groups in total. The maximum Gasteiger partial charge on any atom is 0.229 e. The predicted molar refractivity (Wildman–Crippen MR) is 218 cm³/mol. The Labute approximate surface area is 314 Å². The van der Waals surface area contributed by atoms with Gasteiger partial charge in [0.1, 0.15) is 18.8 Å². The second-order valence-electron chi connectivity index (χ2n) is 13.5. The molecule has 6 nitrogen and oxygen atoms in total. The zero-order valence-electron chi connectivity index (χ0n) is 30.2. The lowest BCUT2D eigenvalue weighted by Gasteiger charge is -2.20. The molecule has 3 aromatic heterocycles. The van der Waals surface area contributed by atoms with Crippen molar-refractivity contribution in [1.29, 1.82) is 0 Å². The summed E-state index contributed by atoms with van der Waals surface area (Å²) in [6.07, 6.45) is 4.14. The lowest BCUT2D eigenvalue weighted by atomic mass is 9.97. The minimum Gasteiger partial charge on any atom is -0.472 e. The van der Waals surface area contributed by atoms with Gasteiger partial charge in [-0.1, -0.05) is 133 Å². The highest BCUT2D eigenvalue weighted by atomic mass is 16.5. The maximum absolute atomic E-state index is 6.94. The van der Waals surface area contributed by atoms with Gasteiger partial charge in [-0.3, -0.25) is 0 Å². The van der Waals surface area contributed by atoms with E-state index in [2.05, 4.69) is 145 Å². The van der Waals surface area contributed by atoms with E-state index in [1.54, 1.807) is 0 Å². The van der Waals surface area contributed by atoms with E-state index in [1.165, 1.54) is 0 Å². The number of aryl methyl sites for hydroxylation is 2. The highest BCUT2D eigenvalue weighted by Gasteiger charge is 2.23. The summed E-state index contributed by atoms with van der Waals surface area (Å²) in [5.41, 5.74) is 9.10. The highest BCUT2D eigenvalue weighted by molar-refractivity contribution is 5.92. The molecule has 9 rings (SSSR count). The van der Waals surface area contributed by atoms with Crippen molar-refractivity contribution in [3.8, 4) is 56.8 Å². The summed E-state index contributed by atoms with van der Waals surface area (Å²) in [5, 5.41) is 4.57. The largest absolute Gasteiger partial charge is 0.472 e. The van der Waals surface area contributed by atoms with Crippen LogP contribution in [-0.2, 0) is 27.3 Å². The molecule has 0 aliphatic rings. The van der Waals surface area contributed by atoms with Gasteiger partial charge in [0.2, 0.25) is 11.8 Å². The molecule has 0 saturated carbocycles. The molecule has 3 heterocycles. The summed E-state index contributed by atoms with van der Waals surface area (Å²) in [6, 6.07) is 54.3. The quantitative estimate of drug-likeness (QED) is 0.142. The Morgan fingerprint density at radius 1 is 0.444 bits per heavy atom. The molecule has 54 heavy (non-hydrogen) atoms. The Morgan fingerprint density at radius 3 is 1.35 bits per heavy atom. The fourth-order valence-corrected chi connectivity index (χ4v) is 7.42. The Balaban J connectivity index is 1.20. The molecule has 9 aromatic rings. The summed E-state index contributed by atoms with van der Waals surface area (Å²) in [6.45, 7) is 0.570. The summed E-state index contributed by atoms with van der Waals surface area (Å²) in [5.74, 6) is 1.44. The van der Waals surface area contributed by atoms with E-state index < -0.39 is 0 Å². The second-order valence-corrected chi connectivity index (χ2v) is 13.5. The molecular weight excluding hydrogens is 665 g/mol. The molecule has 0 saturated heterocycles. The van der Waals surface area contributed by atoms with Gasteiger partial charge in [0, 0.05) is 65.7 Å². The van der Waals surface area contributed by atoms with Crippen LogP contribution in [0, 0.1) is 0 Å². The van der Waals surface area contributed by atoms with Crippen LogP contribution < -0.4 is 9.47 Å². The monoisotopic (exact) mass is 702 g/mol. The van der Waals surface area contributed by atoms with Crippen LogP contribution in [0.15, 0.2) is 170 Å². The van der Waals surface area contributed by atoms with Crippen LogP contribution in [0.4, 0.5) is 0 Å². The predicted octanol–water partition coefficient (Wildman–Crippen LogP) is 11.3. The molecule has 0 fully saturated rings. The average molecular weight is 703 g/mol. The maximum atomic E-state index is 6.94. The number of ether oxygens (including phenoxy) is 2. The van der Waals surface area contributed by atoms with E-state index in [1.807, 2.05) is 48.5 Å². The van der Waals surface area contributed by atoms with E-state index in [9.17, 15) is 0 Å². The molecule has 0 spiro atoms. The first-order chi connectivity index (χ1) is 26.6. The third-order valence-electron chi connectivity index (χ3n) is 10.2. The SMILES string of the molecule is Cn1cccc1-c1ccc2ccccc2c1COc1nc(-c2ccccc2)nc(OCc2c(-c3cccn3C)ccc3ccccc23)c1-c1ccccc1. The first-order valence-corrected chi connectivity index (χ1v) is 18.2. The molecule has 0 radical (unpaired) electrons. The third kappa shape index (κ3) is 6.18. The Bertz CT molecular complexity index is 2600. The molecule has 0 amide bonds. The lowest BCUT2D eigenvalue weighted by Crippen LogP contribution is -2.08. The number of hydrogen-bond donors (Lipinski definition) is 0. The highest BCUT2D eigenvalue weighted by Crippen LogP contribution is 2.41. The van der Waals surface area contributed by atoms with Crippen molar-refractivity contribution in [1.82, 2.24) is 19.1 Å². The lowest BCUT2D eigenvalue weighted by molar-refractivity contribution is 0.279. The van der Waals surface area contributed by atoms with E-state index in [-0.39, 0.29) is 13.2 Å². The topological polar surface area (TPSA) is 54.1 Å². The van der Waals surface area contributed by atoms with Crippen molar-refractivity contribution >= 4 is 21.5 Å². The molecule has 262 valence electrons. The Hall–Kier alpha value is -6.92. The van der Waals surface area contributed by atoms with Crippen molar-refractivity contribution in [3.63, 3.8) is 0 Å². The number of nitrogens with zero attached hydrogens (tertiary/aromatic N) is 4. The van der Waals surface area contributed by atoms with Gasteiger partial charge in [-0.15, -0.1) is 0 Å². The van der Waals surface area contributed by atoms with E-state index in [0.717, 1.165) is 66.3 Å². The summed E-state index contributed by atoms with van der Waals surface area (Å²) >= 11 is 0. The normalized spacial score (nSPS) is 11.3. The molecular formula is C48H38N4O2. The van der Waals surface area contributed by atoms with Crippen molar-refractivity contribution < 1.29 is 9.47 Å². The number of benzene rings is 6. The number of hydrogen-bond acceptors (Lipinski definition) is 4. The van der Waals surface area contributed by atoms with Crippen LogP contribution in [0.5, 0.6) is 11.8 Å². The number of fused-ring (bicyclic) bond motifs is 2. The first kappa shape index (κ1) is 33.0. The molecule has 6 aromatic carbocycles. The van der Waals surface area contributed by atoms with E-state index in [0.29, 0.717) is 23.1 Å². The van der Waals surface area contributed by atoms with Gasteiger partial charge in [-0.25, -0.2) is 0 Å². The van der Waals surface area contributed by atoms with Gasteiger partial charge in [0.15, 0.2) is 5.82 Å². The van der Waals surface area contributed by atoms with Gasteiger partial charge >= 0.3 is 0 Å². The van der Waals surface area contributed by atoms with Crippen molar-refractivity contribution in [2.45, 2.75) is 13.2 Å². The van der Waals surface area contributed by atoms with Gasteiger partial charge in [0.05, 0.1) is 0 Å². The molecule has 0 aliphatic carbocycles. The van der Waals surface area contributed by atoms with Gasteiger partial charge < -0.3 is 18.6 Å². The zero-order chi connectivity index (χ0) is 36.4. The van der Waals surface area contributed by atoms with Crippen molar-refractivity contribution in [2.24, 2.45) is 14.1 Å².